The molecule has 0 atom stereocenters. The van der Waals surface area contributed by atoms with Crippen LogP contribution in [0.25, 0.3) is 16.9 Å². The summed E-state index contributed by atoms with van der Waals surface area (Å²) >= 11 is 0. The number of rotatable bonds is 2. The number of hydrogen-bond acceptors (Lipinski definition) is 3. The summed E-state index contributed by atoms with van der Waals surface area (Å²) < 4.78 is 1.91. The number of nitrogen functional groups attached to an aromatic ring is 1. The topological polar surface area (TPSA) is 67.1 Å². The van der Waals surface area contributed by atoms with Crippen molar-refractivity contribution in [3.8, 4) is 17.3 Å². The molecule has 2 heterocycles. The molecular weight excluding hydrogens is 260 g/mol. The molecule has 0 fully saturated rings. The van der Waals surface area contributed by atoms with E-state index in [0.717, 1.165) is 22.6 Å². The maximum Gasteiger partial charge on any atom is 0.137 e. The summed E-state index contributed by atoms with van der Waals surface area (Å²) in [7, 11) is 0. The average Bonchev–Trinajstić information content (AvgIpc) is 2.81. The number of imidazole rings is 1. The summed E-state index contributed by atoms with van der Waals surface area (Å²) in [6.07, 6.45) is 2.12. The monoisotopic (exact) mass is 276 g/mol. The molecule has 0 unspecified atom stereocenters. The normalized spacial score (nSPS) is 10.7. The molecule has 2 aromatic heterocycles. The number of benzene rings is 1. The average molecular weight is 276 g/mol. The van der Waals surface area contributed by atoms with Crippen molar-refractivity contribution in [3.63, 3.8) is 0 Å². The molecule has 21 heavy (non-hydrogen) atoms. The Morgan fingerprint density at radius 1 is 1.19 bits per heavy atom. The number of nitrogens with zero attached hydrogens (tertiary/aromatic N) is 3. The number of nitriles is 1. The molecule has 4 nitrogen and oxygen atoms in total. The highest BCUT2D eigenvalue weighted by atomic mass is 15.0. The minimum Gasteiger partial charge on any atom is -0.398 e. The summed E-state index contributed by atoms with van der Waals surface area (Å²) in [6.45, 7) is 4.16. The van der Waals surface area contributed by atoms with Gasteiger partial charge in [-0.25, -0.2) is 4.98 Å². The summed E-state index contributed by atoms with van der Waals surface area (Å²) in [4.78, 5) is 4.67. The SMILES string of the molecule is Cc1ccc(-c2nc3ccc(N)cn3c2CC#N)cc1C. The Morgan fingerprint density at radius 3 is 2.71 bits per heavy atom. The summed E-state index contributed by atoms with van der Waals surface area (Å²) in [6, 6.07) is 12.2. The lowest BCUT2D eigenvalue weighted by atomic mass is 10.0. The Morgan fingerprint density at radius 2 is 2.00 bits per heavy atom. The number of aromatic nitrogens is 2. The van der Waals surface area contributed by atoms with E-state index in [1.54, 1.807) is 0 Å². The van der Waals surface area contributed by atoms with E-state index in [-0.39, 0.29) is 0 Å². The van der Waals surface area contributed by atoms with Gasteiger partial charge in [0.05, 0.1) is 23.9 Å². The van der Waals surface area contributed by atoms with Gasteiger partial charge in [0, 0.05) is 17.4 Å². The number of pyridine rings is 1. The van der Waals surface area contributed by atoms with Crippen LogP contribution in [0.2, 0.25) is 0 Å². The van der Waals surface area contributed by atoms with Crippen LogP contribution in [0.3, 0.4) is 0 Å². The standard InChI is InChI=1S/C17H16N4/c1-11-3-4-13(9-12(11)2)17-15(7-8-18)21-10-14(19)5-6-16(21)20-17/h3-6,9-10H,7,19H2,1-2H3. The predicted octanol–water partition coefficient (Wildman–Crippen LogP) is 3.27. The molecule has 3 rings (SSSR count). The van der Waals surface area contributed by atoms with E-state index in [1.807, 2.05) is 28.8 Å². The highest BCUT2D eigenvalue weighted by Gasteiger charge is 2.14. The number of aryl methyl sites for hydroxylation is 2. The van der Waals surface area contributed by atoms with Crippen LogP contribution in [0.5, 0.6) is 0 Å². The van der Waals surface area contributed by atoms with Gasteiger partial charge in [0.2, 0.25) is 0 Å². The number of nitrogens with two attached hydrogens (primary N) is 1. The summed E-state index contributed by atoms with van der Waals surface area (Å²) in [5.41, 5.74) is 12.5. The van der Waals surface area contributed by atoms with E-state index in [0.29, 0.717) is 12.1 Å². The van der Waals surface area contributed by atoms with E-state index in [1.165, 1.54) is 11.1 Å². The molecule has 104 valence electrons. The van der Waals surface area contributed by atoms with Gasteiger partial charge < -0.3 is 10.1 Å². The van der Waals surface area contributed by atoms with Crippen molar-refractivity contribution in [2.75, 3.05) is 5.73 Å². The van der Waals surface area contributed by atoms with Gasteiger partial charge in [-0.3, -0.25) is 0 Å². The van der Waals surface area contributed by atoms with Crippen LogP contribution in [0.4, 0.5) is 5.69 Å². The van der Waals surface area contributed by atoms with Crippen LogP contribution < -0.4 is 5.73 Å². The maximum absolute atomic E-state index is 9.11. The predicted molar refractivity (Wildman–Crippen MR) is 83.8 cm³/mol. The van der Waals surface area contributed by atoms with Gasteiger partial charge in [0.1, 0.15) is 5.65 Å². The Labute approximate surface area is 123 Å². The van der Waals surface area contributed by atoms with Gasteiger partial charge in [-0.05, 0) is 43.2 Å². The fraction of sp³-hybridized carbons (Fsp3) is 0.176. The lowest BCUT2D eigenvalue weighted by molar-refractivity contribution is 1.06. The van der Waals surface area contributed by atoms with Crippen molar-refractivity contribution in [2.45, 2.75) is 20.3 Å². The van der Waals surface area contributed by atoms with Crippen LogP contribution in [0, 0.1) is 25.2 Å². The Balaban J connectivity index is 2.28. The fourth-order valence-electron chi connectivity index (χ4n) is 2.47. The van der Waals surface area contributed by atoms with Crippen molar-refractivity contribution in [1.29, 1.82) is 5.26 Å². The number of hydrogen-bond donors (Lipinski definition) is 1. The molecule has 3 aromatic rings. The van der Waals surface area contributed by atoms with Gasteiger partial charge >= 0.3 is 0 Å². The zero-order valence-corrected chi connectivity index (χ0v) is 12.1. The Kier molecular flexibility index (Phi) is 3.11. The quantitative estimate of drug-likeness (QED) is 0.781. The van der Waals surface area contributed by atoms with Crippen LogP contribution in [0.1, 0.15) is 16.8 Å². The van der Waals surface area contributed by atoms with Gasteiger partial charge in [-0.15, -0.1) is 0 Å². The summed E-state index contributed by atoms with van der Waals surface area (Å²) in [5.74, 6) is 0. The molecular formula is C17H16N4. The first-order valence-corrected chi connectivity index (χ1v) is 6.81. The minimum absolute atomic E-state index is 0.298. The molecule has 0 saturated carbocycles. The van der Waals surface area contributed by atoms with Crippen molar-refractivity contribution >= 4 is 11.3 Å². The molecule has 0 aliphatic heterocycles. The molecule has 0 aliphatic carbocycles. The van der Waals surface area contributed by atoms with Crippen LogP contribution in [0.15, 0.2) is 36.5 Å². The van der Waals surface area contributed by atoms with Gasteiger partial charge in [0.15, 0.2) is 0 Å². The van der Waals surface area contributed by atoms with Crippen molar-refractivity contribution < 1.29 is 0 Å². The van der Waals surface area contributed by atoms with Crippen molar-refractivity contribution in [3.05, 3.63) is 53.3 Å². The van der Waals surface area contributed by atoms with Crippen LogP contribution in [-0.4, -0.2) is 9.38 Å². The van der Waals surface area contributed by atoms with E-state index in [4.69, 9.17) is 11.0 Å². The second-order valence-corrected chi connectivity index (χ2v) is 5.23. The minimum atomic E-state index is 0.298. The third kappa shape index (κ3) is 2.23. The first kappa shape index (κ1) is 13.2. The zero-order valence-electron chi connectivity index (χ0n) is 12.1. The van der Waals surface area contributed by atoms with E-state index < -0.39 is 0 Å². The highest BCUT2D eigenvalue weighted by Crippen LogP contribution is 2.27. The van der Waals surface area contributed by atoms with E-state index in [9.17, 15) is 0 Å². The molecule has 0 amide bonds. The largest absolute Gasteiger partial charge is 0.398 e. The molecule has 0 aliphatic rings. The second-order valence-electron chi connectivity index (χ2n) is 5.23. The molecule has 0 saturated heterocycles. The third-order valence-electron chi connectivity index (χ3n) is 3.77. The fourth-order valence-corrected chi connectivity index (χ4v) is 2.47. The first-order valence-electron chi connectivity index (χ1n) is 6.81. The van der Waals surface area contributed by atoms with Gasteiger partial charge in [0.25, 0.3) is 0 Å². The second kappa shape index (κ2) is 4.95. The Hall–Kier alpha value is -2.80. The highest BCUT2D eigenvalue weighted by molar-refractivity contribution is 5.69. The molecule has 0 bridgehead atoms. The zero-order chi connectivity index (χ0) is 15.0. The van der Waals surface area contributed by atoms with Crippen molar-refractivity contribution in [2.24, 2.45) is 0 Å². The first-order chi connectivity index (χ1) is 10.1. The van der Waals surface area contributed by atoms with Crippen LogP contribution in [-0.2, 0) is 6.42 Å². The van der Waals surface area contributed by atoms with Gasteiger partial charge in [-0.2, -0.15) is 5.26 Å². The van der Waals surface area contributed by atoms with E-state index >= 15 is 0 Å². The lowest BCUT2D eigenvalue weighted by Crippen LogP contribution is -1.96. The van der Waals surface area contributed by atoms with Crippen molar-refractivity contribution in [1.82, 2.24) is 9.38 Å². The molecule has 0 radical (unpaired) electrons. The number of fused-ring (bicyclic) bond motifs is 1. The molecule has 1 aromatic carbocycles. The Bertz CT molecular complexity index is 868. The lowest BCUT2D eigenvalue weighted by Gasteiger charge is -2.05. The molecule has 2 N–H and O–H groups in total. The molecule has 4 heteroatoms. The van der Waals surface area contributed by atoms with Gasteiger partial charge in [-0.1, -0.05) is 12.1 Å². The van der Waals surface area contributed by atoms with Crippen LogP contribution >= 0.6 is 0 Å². The smallest absolute Gasteiger partial charge is 0.137 e. The molecule has 0 spiro atoms. The number of anilines is 1. The summed E-state index contributed by atoms with van der Waals surface area (Å²) in [5, 5.41) is 9.11. The maximum atomic E-state index is 9.11. The van der Waals surface area contributed by atoms with E-state index in [2.05, 4.69) is 37.0 Å². The third-order valence-corrected chi connectivity index (χ3v) is 3.77.